The van der Waals surface area contributed by atoms with E-state index < -0.39 is 0 Å². The highest BCUT2D eigenvalue weighted by Gasteiger charge is 1.98. The molecular weight excluding hydrogens is 250 g/mol. The van der Waals surface area contributed by atoms with Crippen molar-refractivity contribution in [2.24, 2.45) is 4.99 Å². The fraction of sp³-hybridized carbons (Fsp3) is 0.333. The second-order valence-electron chi connectivity index (χ2n) is 4.52. The molecule has 0 atom stereocenters. The van der Waals surface area contributed by atoms with E-state index in [0.29, 0.717) is 6.54 Å². The summed E-state index contributed by atoms with van der Waals surface area (Å²) in [5.41, 5.74) is 2.41. The van der Waals surface area contributed by atoms with Crippen molar-refractivity contribution in [3.63, 3.8) is 0 Å². The van der Waals surface area contributed by atoms with Crippen LogP contribution in [0.3, 0.4) is 0 Å². The molecule has 1 aromatic carbocycles. The maximum Gasteiger partial charge on any atom is 0.191 e. The Morgan fingerprint density at radius 1 is 1.20 bits per heavy atom. The number of rotatable bonds is 6. The van der Waals surface area contributed by atoms with Crippen LogP contribution in [0.4, 0.5) is 0 Å². The van der Waals surface area contributed by atoms with Gasteiger partial charge in [-0.05, 0) is 24.5 Å². The SMILES string of the molecule is CN=C(NCCCc1ccccc1)NCc1ccn[nH]1. The molecule has 0 aliphatic rings. The van der Waals surface area contributed by atoms with E-state index in [1.807, 2.05) is 12.1 Å². The van der Waals surface area contributed by atoms with Crippen molar-refractivity contribution in [1.29, 1.82) is 0 Å². The number of nitrogens with one attached hydrogen (secondary N) is 3. The minimum Gasteiger partial charge on any atom is -0.356 e. The van der Waals surface area contributed by atoms with E-state index in [9.17, 15) is 0 Å². The molecule has 0 fully saturated rings. The molecule has 20 heavy (non-hydrogen) atoms. The van der Waals surface area contributed by atoms with Gasteiger partial charge in [-0.15, -0.1) is 0 Å². The van der Waals surface area contributed by atoms with Crippen LogP contribution >= 0.6 is 0 Å². The first-order valence-electron chi connectivity index (χ1n) is 6.85. The highest BCUT2D eigenvalue weighted by atomic mass is 15.2. The molecule has 2 aromatic rings. The zero-order valence-electron chi connectivity index (χ0n) is 11.8. The first kappa shape index (κ1) is 14.1. The number of nitrogens with zero attached hydrogens (tertiary/aromatic N) is 2. The quantitative estimate of drug-likeness (QED) is 0.426. The van der Waals surface area contributed by atoms with Gasteiger partial charge in [0, 0.05) is 19.8 Å². The Balaban J connectivity index is 1.64. The second kappa shape index (κ2) is 7.99. The number of aromatic nitrogens is 2. The molecule has 0 aliphatic heterocycles. The fourth-order valence-corrected chi connectivity index (χ4v) is 1.93. The first-order valence-corrected chi connectivity index (χ1v) is 6.85. The summed E-state index contributed by atoms with van der Waals surface area (Å²) < 4.78 is 0. The number of aryl methyl sites for hydroxylation is 1. The molecule has 1 heterocycles. The van der Waals surface area contributed by atoms with Crippen molar-refractivity contribution in [3.8, 4) is 0 Å². The number of guanidine groups is 1. The summed E-state index contributed by atoms with van der Waals surface area (Å²) in [6.07, 6.45) is 3.90. The van der Waals surface area contributed by atoms with Crippen LogP contribution in [-0.2, 0) is 13.0 Å². The monoisotopic (exact) mass is 271 g/mol. The molecule has 0 aliphatic carbocycles. The van der Waals surface area contributed by atoms with E-state index in [1.165, 1.54) is 5.56 Å². The number of H-pyrrole nitrogens is 1. The molecule has 0 spiro atoms. The minimum absolute atomic E-state index is 0.693. The molecule has 0 radical (unpaired) electrons. The van der Waals surface area contributed by atoms with Gasteiger partial charge in [-0.3, -0.25) is 10.1 Å². The van der Waals surface area contributed by atoms with Crippen molar-refractivity contribution in [2.75, 3.05) is 13.6 Å². The summed E-state index contributed by atoms with van der Waals surface area (Å²) >= 11 is 0. The van der Waals surface area contributed by atoms with Crippen LogP contribution in [-0.4, -0.2) is 29.7 Å². The van der Waals surface area contributed by atoms with Gasteiger partial charge in [-0.25, -0.2) is 0 Å². The number of benzene rings is 1. The zero-order chi connectivity index (χ0) is 14.0. The lowest BCUT2D eigenvalue weighted by atomic mass is 10.1. The summed E-state index contributed by atoms with van der Waals surface area (Å²) in [6, 6.07) is 12.5. The first-order chi connectivity index (χ1) is 9.88. The van der Waals surface area contributed by atoms with E-state index in [2.05, 4.69) is 50.1 Å². The Bertz CT molecular complexity index is 504. The van der Waals surface area contributed by atoms with Crippen molar-refractivity contribution >= 4 is 5.96 Å². The molecule has 1 aromatic heterocycles. The average Bonchev–Trinajstić information content (AvgIpc) is 3.01. The molecule has 5 nitrogen and oxygen atoms in total. The Morgan fingerprint density at radius 3 is 2.75 bits per heavy atom. The van der Waals surface area contributed by atoms with Gasteiger partial charge in [-0.1, -0.05) is 30.3 Å². The van der Waals surface area contributed by atoms with E-state index in [1.54, 1.807) is 13.2 Å². The smallest absolute Gasteiger partial charge is 0.191 e. The van der Waals surface area contributed by atoms with Gasteiger partial charge in [0.1, 0.15) is 0 Å². The third-order valence-electron chi connectivity index (χ3n) is 3.01. The predicted octanol–water partition coefficient (Wildman–Crippen LogP) is 1.71. The van der Waals surface area contributed by atoms with Gasteiger partial charge in [0.05, 0.1) is 12.2 Å². The van der Waals surface area contributed by atoms with Crippen LogP contribution in [0.25, 0.3) is 0 Å². The van der Waals surface area contributed by atoms with E-state index in [0.717, 1.165) is 31.0 Å². The van der Waals surface area contributed by atoms with Crippen molar-refractivity contribution < 1.29 is 0 Å². The molecule has 3 N–H and O–H groups in total. The Labute approximate surface area is 119 Å². The topological polar surface area (TPSA) is 65.1 Å². The Morgan fingerprint density at radius 2 is 2.05 bits per heavy atom. The van der Waals surface area contributed by atoms with E-state index in [-0.39, 0.29) is 0 Å². The van der Waals surface area contributed by atoms with E-state index >= 15 is 0 Å². The van der Waals surface area contributed by atoms with Gasteiger partial charge < -0.3 is 10.6 Å². The molecule has 0 unspecified atom stereocenters. The summed E-state index contributed by atoms with van der Waals surface area (Å²) in [6.45, 7) is 1.59. The van der Waals surface area contributed by atoms with Gasteiger partial charge in [0.2, 0.25) is 0 Å². The van der Waals surface area contributed by atoms with E-state index in [4.69, 9.17) is 0 Å². The van der Waals surface area contributed by atoms with Gasteiger partial charge in [0.25, 0.3) is 0 Å². The number of aromatic amines is 1. The molecule has 0 amide bonds. The normalized spacial score (nSPS) is 11.3. The lowest BCUT2D eigenvalue weighted by Crippen LogP contribution is -2.37. The van der Waals surface area contributed by atoms with Crippen molar-refractivity contribution in [2.45, 2.75) is 19.4 Å². The standard InChI is InChI=1S/C15H21N5/c1-16-15(18-12-14-9-11-19-20-14)17-10-5-8-13-6-3-2-4-7-13/h2-4,6-7,9,11H,5,8,10,12H2,1H3,(H,19,20)(H2,16,17,18). The maximum absolute atomic E-state index is 4.19. The largest absolute Gasteiger partial charge is 0.356 e. The van der Waals surface area contributed by atoms with Crippen LogP contribution in [0, 0.1) is 0 Å². The van der Waals surface area contributed by atoms with Gasteiger partial charge in [-0.2, -0.15) is 5.10 Å². The Hall–Kier alpha value is -2.30. The summed E-state index contributed by atoms with van der Waals surface area (Å²) in [4.78, 5) is 4.19. The zero-order valence-corrected chi connectivity index (χ0v) is 11.8. The minimum atomic E-state index is 0.693. The molecular formula is C15H21N5. The predicted molar refractivity (Wildman–Crippen MR) is 81.6 cm³/mol. The van der Waals surface area contributed by atoms with Gasteiger partial charge in [0.15, 0.2) is 5.96 Å². The molecule has 0 bridgehead atoms. The lowest BCUT2D eigenvalue weighted by Gasteiger charge is -2.11. The number of hydrogen-bond donors (Lipinski definition) is 3. The van der Waals surface area contributed by atoms with Crippen LogP contribution < -0.4 is 10.6 Å². The summed E-state index contributed by atoms with van der Waals surface area (Å²) in [5, 5.41) is 13.4. The fourth-order valence-electron chi connectivity index (χ4n) is 1.93. The average molecular weight is 271 g/mol. The third-order valence-corrected chi connectivity index (χ3v) is 3.01. The van der Waals surface area contributed by atoms with Crippen LogP contribution in [0.2, 0.25) is 0 Å². The highest BCUT2D eigenvalue weighted by Crippen LogP contribution is 2.01. The number of aliphatic imine (C=N–C) groups is 1. The summed E-state index contributed by atoms with van der Waals surface area (Å²) in [5.74, 6) is 0.813. The van der Waals surface area contributed by atoms with Crippen LogP contribution in [0.15, 0.2) is 47.6 Å². The maximum atomic E-state index is 4.19. The van der Waals surface area contributed by atoms with Crippen LogP contribution in [0.5, 0.6) is 0 Å². The number of hydrogen-bond acceptors (Lipinski definition) is 2. The molecule has 0 saturated carbocycles. The van der Waals surface area contributed by atoms with Crippen molar-refractivity contribution in [1.82, 2.24) is 20.8 Å². The summed E-state index contributed by atoms with van der Waals surface area (Å²) in [7, 11) is 1.78. The van der Waals surface area contributed by atoms with Crippen molar-refractivity contribution in [3.05, 3.63) is 53.9 Å². The molecule has 106 valence electrons. The molecule has 5 heteroatoms. The lowest BCUT2D eigenvalue weighted by molar-refractivity contribution is 0.737. The highest BCUT2D eigenvalue weighted by molar-refractivity contribution is 5.79. The van der Waals surface area contributed by atoms with Crippen LogP contribution in [0.1, 0.15) is 17.7 Å². The molecule has 0 saturated heterocycles. The Kier molecular flexibility index (Phi) is 5.64. The second-order valence-corrected chi connectivity index (χ2v) is 4.52. The molecule has 2 rings (SSSR count). The third kappa shape index (κ3) is 4.76. The van der Waals surface area contributed by atoms with Gasteiger partial charge >= 0.3 is 0 Å².